The van der Waals surface area contributed by atoms with Crippen LogP contribution in [0, 0.1) is 5.82 Å². The Morgan fingerprint density at radius 1 is 1.14 bits per heavy atom. The number of fused-ring (bicyclic) bond motifs is 2. The first-order valence-corrected chi connectivity index (χ1v) is 16.4. The molecule has 13 nitrogen and oxygen atoms in total. The number of carbonyl (C=O) groups excluding carboxylic acids is 2. The minimum Gasteiger partial charge on any atom is -0.480 e. The van der Waals surface area contributed by atoms with Crippen molar-refractivity contribution in [2.75, 3.05) is 43.6 Å². The lowest BCUT2D eigenvalue weighted by atomic mass is 9.81. The third-order valence-corrected chi connectivity index (χ3v) is 9.56. The molecule has 0 spiro atoms. The Morgan fingerprint density at radius 3 is 2.64 bits per heavy atom. The van der Waals surface area contributed by atoms with Crippen molar-refractivity contribution in [2.24, 2.45) is 0 Å². The lowest BCUT2D eigenvalue weighted by molar-refractivity contribution is -0.116. The van der Waals surface area contributed by atoms with Crippen molar-refractivity contribution in [1.82, 2.24) is 29.4 Å². The second-order valence-electron chi connectivity index (χ2n) is 12.3. The molecule has 262 valence electrons. The first kappa shape index (κ1) is 33.3. The summed E-state index contributed by atoms with van der Waals surface area (Å²) >= 11 is 0. The van der Waals surface area contributed by atoms with Gasteiger partial charge in [0.1, 0.15) is 23.6 Å². The van der Waals surface area contributed by atoms with Gasteiger partial charge in [0.2, 0.25) is 17.2 Å². The molecule has 50 heavy (non-hydrogen) atoms. The van der Waals surface area contributed by atoms with Crippen molar-refractivity contribution < 1.29 is 32.2 Å². The molecule has 1 saturated carbocycles. The van der Waals surface area contributed by atoms with Gasteiger partial charge < -0.3 is 29.2 Å². The van der Waals surface area contributed by atoms with Crippen LogP contribution in [-0.4, -0.2) is 86.8 Å². The zero-order valence-electron chi connectivity index (χ0n) is 27.4. The van der Waals surface area contributed by atoms with Crippen LogP contribution >= 0.6 is 0 Å². The number of rotatable bonds is 9. The minimum atomic E-state index is -2.86. The molecule has 2 atom stereocenters. The largest absolute Gasteiger partial charge is 0.480 e. The Labute approximate surface area is 284 Å². The highest BCUT2D eigenvalue weighted by molar-refractivity contribution is 5.97. The summed E-state index contributed by atoms with van der Waals surface area (Å²) in [4.78, 5) is 51.0. The van der Waals surface area contributed by atoms with Crippen molar-refractivity contribution >= 4 is 40.1 Å². The van der Waals surface area contributed by atoms with Crippen LogP contribution in [-0.2, 0) is 22.5 Å². The molecule has 1 saturated heterocycles. The van der Waals surface area contributed by atoms with E-state index in [9.17, 15) is 27.6 Å². The maximum absolute atomic E-state index is 14.7. The zero-order chi connectivity index (χ0) is 35.1. The maximum Gasteiger partial charge on any atom is 0.263 e. The molecule has 4 aromatic rings. The van der Waals surface area contributed by atoms with Gasteiger partial charge in [0, 0.05) is 43.0 Å². The average Bonchev–Trinajstić information content (AvgIpc) is 3.56. The van der Waals surface area contributed by atoms with Gasteiger partial charge in [0.05, 0.1) is 37.7 Å². The maximum atomic E-state index is 14.7. The molecule has 1 aromatic carbocycles. The molecular weight excluding hydrogens is 657 g/mol. The van der Waals surface area contributed by atoms with Crippen LogP contribution in [0.25, 0.3) is 16.9 Å². The van der Waals surface area contributed by atoms with E-state index in [1.54, 1.807) is 22.9 Å². The van der Waals surface area contributed by atoms with Gasteiger partial charge in [-0.25, -0.2) is 18.2 Å². The van der Waals surface area contributed by atoms with Crippen molar-refractivity contribution in [2.45, 2.75) is 57.7 Å². The predicted octanol–water partition coefficient (Wildman–Crippen LogP) is 4.03. The van der Waals surface area contributed by atoms with E-state index in [-0.39, 0.29) is 52.7 Å². The molecule has 2 amide bonds. The van der Waals surface area contributed by atoms with E-state index in [4.69, 9.17) is 9.47 Å². The molecular formula is C34H35F3N8O5. The summed E-state index contributed by atoms with van der Waals surface area (Å²) in [5.74, 6) is -1.61. The van der Waals surface area contributed by atoms with Crippen molar-refractivity contribution in [3.8, 4) is 5.88 Å². The van der Waals surface area contributed by atoms with Crippen molar-refractivity contribution in [3.05, 3.63) is 75.5 Å². The number of piperazine rings is 1. The minimum absolute atomic E-state index is 0.0549. The Morgan fingerprint density at radius 2 is 1.96 bits per heavy atom. The smallest absolute Gasteiger partial charge is 0.263 e. The number of pyridine rings is 2. The van der Waals surface area contributed by atoms with Gasteiger partial charge in [-0.15, -0.1) is 10.2 Å². The fourth-order valence-electron chi connectivity index (χ4n) is 7.02. The second kappa shape index (κ2) is 13.6. The van der Waals surface area contributed by atoms with Crippen LogP contribution < -0.4 is 20.4 Å². The number of nitrogens with zero attached hydrogens (tertiary/aromatic N) is 7. The third-order valence-electron chi connectivity index (χ3n) is 9.56. The average molecular weight is 693 g/mol. The molecule has 1 N–H and O–H groups in total. The van der Waals surface area contributed by atoms with Gasteiger partial charge in [-0.3, -0.25) is 14.4 Å². The quantitative estimate of drug-likeness (QED) is 0.276. The van der Waals surface area contributed by atoms with Crippen LogP contribution in [0.1, 0.15) is 54.2 Å². The van der Waals surface area contributed by atoms with Crippen LogP contribution in [0.3, 0.4) is 0 Å². The van der Waals surface area contributed by atoms with Gasteiger partial charge in [-0.05, 0) is 49.6 Å². The van der Waals surface area contributed by atoms with E-state index in [0.29, 0.717) is 62.2 Å². The molecule has 3 aliphatic rings. The van der Waals surface area contributed by atoms with E-state index in [1.807, 2.05) is 22.8 Å². The van der Waals surface area contributed by atoms with Gasteiger partial charge in [0.25, 0.3) is 12.3 Å². The summed E-state index contributed by atoms with van der Waals surface area (Å²) in [6.07, 6.45) is 2.82. The topological polar surface area (TPSA) is 137 Å². The van der Waals surface area contributed by atoms with Crippen LogP contribution in [0.5, 0.6) is 5.88 Å². The first-order valence-electron chi connectivity index (χ1n) is 16.4. The van der Waals surface area contributed by atoms with Crippen LogP contribution in [0.2, 0.25) is 0 Å². The number of halogens is 3. The number of anilines is 2. The number of hydrogen-bond acceptors (Lipinski definition) is 9. The summed E-state index contributed by atoms with van der Waals surface area (Å²) < 4.78 is 53.3. The predicted molar refractivity (Wildman–Crippen MR) is 177 cm³/mol. The first-order chi connectivity index (χ1) is 24.2. The van der Waals surface area contributed by atoms with E-state index < -0.39 is 23.7 Å². The highest BCUT2D eigenvalue weighted by Crippen LogP contribution is 2.38. The Balaban J connectivity index is 1.27. The molecule has 3 aromatic heterocycles. The highest BCUT2D eigenvalue weighted by atomic mass is 19.3. The molecule has 5 heterocycles. The molecule has 16 heteroatoms. The standard InChI is InChI=1S/C34H35F3N8O5/c1-3-24-29(42-13-14-43(26-9-8-25(26)42)34(48)21-5-4-12-38-33(21)49-2)30(47)28-32(41-45(40-28)20-10-15-50-16-11-20)44(24)18-27(46)39-23-7-6-19(31(36)37)17-22(23)35/h4-7,10,12,17,25-26,31H,3,8-9,11,13-16,18H2,1-2H3,(H,39,46)/t25-,26-/m0/s1. The number of alkyl halides is 2. The lowest BCUT2D eigenvalue weighted by Gasteiger charge is -2.54. The molecule has 7 rings (SSSR count). The van der Waals surface area contributed by atoms with Crippen molar-refractivity contribution in [3.63, 3.8) is 0 Å². The fraction of sp³-hybridized carbons (Fsp3) is 0.412. The fourth-order valence-corrected chi connectivity index (χ4v) is 7.02. The number of amides is 2. The second-order valence-corrected chi connectivity index (χ2v) is 12.3. The summed E-state index contributed by atoms with van der Waals surface area (Å²) in [7, 11) is 1.46. The number of ether oxygens (including phenoxy) is 2. The van der Waals surface area contributed by atoms with Gasteiger partial charge >= 0.3 is 0 Å². The molecule has 0 bridgehead atoms. The number of benzene rings is 1. The Bertz CT molecular complexity index is 2060. The number of carbonyl (C=O) groups is 2. The summed E-state index contributed by atoms with van der Waals surface area (Å²) in [5, 5.41) is 11.7. The van der Waals surface area contributed by atoms with Gasteiger partial charge in [0.15, 0.2) is 11.2 Å². The number of hydrogen-bond donors (Lipinski definition) is 1. The van der Waals surface area contributed by atoms with E-state index in [2.05, 4.69) is 20.5 Å². The highest BCUT2D eigenvalue weighted by Gasteiger charge is 2.47. The normalized spacial score (nSPS) is 18.9. The van der Waals surface area contributed by atoms with E-state index in [0.717, 1.165) is 30.7 Å². The van der Waals surface area contributed by atoms with E-state index >= 15 is 0 Å². The van der Waals surface area contributed by atoms with Gasteiger partial charge in [-0.1, -0.05) is 13.0 Å². The molecule has 2 aliphatic heterocycles. The molecule has 2 fully saturated rings. The van der Waals surface area contributed by atoms with Crippen molar-refractivity contribution in [1.29, 1.82) is 0 Å². The number of nitrogens with one attached hydrogen (secondary N) is 1. The third kappa shape index (κ3) is 5.86. The van der Waals surface area contributed by atoms with E-state index in [1.165, 1.54) is 11.9 Å². The van der Waals surface area contributed by atoms with Crippen LogP contribution in [0.15, 0.2) is 47.4 Å². The molecule has 0 radical (unpaired) electrons. The SMILES string of the molecule is CCc1c(N2CCN(C(=O)c3cccnc3OC)[C@H]3CC[C@@H]32)c(=O)c2nn(C3=CCOCC3)nc2n1CC(=O)Nc1ccc(C(F)F)cc1F. The monoisotopic (exact) mass is 692 g/mol. The Hall–Kier alpha value is -5.25. The lowest BCUT2D eigenvalue weighted by Crippen LogP contribution is -2.67. The summed E-state index contributed by atoms with van der Waals surface area (Å²) in [6, 6.07) is 5.83. The summed E-state index contributed by atoms with van der Waals surface area (Å²) in [5.41, 5.74) is 1.12. The molecule has 0 unspecified atom stereocenters. The number of aromatic nitrogens is 5. The van der Waals surface area contributed by atoms with Gasteiger partial charge in [-0.2, -0.15) is 4.80 Å². The van der Waals surface area contributed by atoms with Crippen LogP contribution in [0.4, 0.5) is 24.5 Å². The summed E-state index contributed by atoms with van der Waals surface area (Å²) in [6.45, 7) is 2.98. The zero-order valence-corrected chi connectivity index (χ0v) is 27.4. The number of methoxy groups -OCH3 is 1. The Kier molecular flexibility index (Phi) is 9.03. The molecule has 1 aliphatic carbocycles.